The van der Waals surface area contributed by atoms with Crippen molar-refractivity contribution in [2.45, 2.75) is 20.0 Å². The van der Waals surface area contributed by atoms with Gasteiger partial charge in [-0.3, -0.25) is 4.79 Å². The average molecular weight is 283 g/mol. The molecular formula is C13H15ClN2OS. The molecule has 5 heteroatoms. The first-order valence-electron chi connectivity index (χ1n) is 5.77. The quantitative estimate of drug-likeness (QED) is 0.856. The predicted molar refractivity (Wildman–Crippen MR) is 76.5 cm³/mol. The van der Waals surface area contributed by atoms with Gasteiger partial charge >= 0.3 is 0 Å². The molecule has 0 aromatic carbocycles. The Kier molecular flexibility index (Phi) is 4.58. The van der Waals surface area contributed by atoms with Crippen LogP contribution in [-0.4, -0.2) is 11.1 Å². The van der Waals surface area contributed by atoms with Crippen molar-refractivity contribution in [1.29, 1.82) is 0 Å². The van der Waals surface area contributed by atoms with Crippen molar-refractivity contribution in [3.8, 4) is 0 Å². The van der Waals surface area contributed by atoms with Crippen molar-refractivity contribution < 1.29 is 0 Å². The molecule has 96 valence electrons. The van der Waals surface area contributed by atoms with Crippen LogP contribution in [0.1, 0.15) is 10.4 Å². The average Bonchev–Trinajstić information content (AvgIpc) is 2.73. The van der Waals surface area contributed by atoms with Gasteiger partial charge < -0.3 is 9.88 Å². The molecule has 0 bridgehead atoms. The van der Waals surface area contributed by atoms with E-state index in [2.05, 4.69) is 5.32 Å². The Morgan fingerprint density at radius 1 is 1.39 bits per heavy atom. The number of thiophene rings is 1. The van der Waals surface area contributed by atoms with Crippen LogP contribution in [0.25, 0.3) is 0 Å². The van der Waals surface area contributed by atoms with Gasteiger partial charge in [0.05, 0.1) is 4.34 Å². The topological polar surface area (TPSA) is 34.0 Å². The molecule has 2 rings (SSSR count). The van der Waals surface area contributed by atoms with Crippen molar-refractivity contribution in [3.63, 3.8) is 0 Å². The second-order valence-electron chi connectivity index (χ2n) is 4.12. The van der Waals surface area contributed by atoms with E-state index in [1.54, 1.807) is 22.0 Å². The highest BCUT2D eigenvalue weighted by Gasteiger charge is 1.98. The van der Waals surface area contributed by atoms with E-state index in [0.29, 0.717) is 6.54 Å². The molecular weight excluding hydrogens is 268 g/mol. The molecule has 0 spiro atoms. The fraction of sp³-hybridized carbons (Fsp3) is 0.308. The van der Waals surface area contributed by atoms with Crippen molar-refractivity contribution in [3.05, 3.63) is 55.6 Å². The summed E-state index contributed by atoms with van der Waals surface area (Å²) in [6, 6.07) is 7.51. The maximum Gasteiger partial charge on any atom is 0.250 e. The van der Waals surface area contributed by atoms with Crippen LogP contribution in [0.3, 0.4) is 0 Å². The van der Waals surface area contributed by atoms with E-state index in [9.17, 15) is 4.79 Å². The standard InChI is InChI=1S/C13H15ClN2OS/c1-10-4-6-16(13(17)8-10)7-5-15-9-11-2-3-12(14)18-11/h2-4,6,8,15H,5,7,9H2,1H3. The molecule has 2 heterocycles. The fourth-order valence-corrected chi connectivity index (χ4v) is 2.71. The summed E-state index contributed by atoms with van der Waals surface area (Å²) in [5, 5.41) is 3.30. The van der Waals surface area contributed by atoms with Gasteiger partial charge in [0.1, 0.15) is 0 Å². The van der Waals surface area contributed by atoms with Crippen LogP contribution in [0.15, 0.2) is 35.3 Å². The molecule has 0 amide bonds. The monoisotopic (exact) mass is 282 g/mol. The molecule has 1 N–H and O–H groups in total. The van der Waals surface area contributed by atoms with Crippen LogP contribution in [0.2, 0.25) is 4.34 Å². The van der Waals surface area contributed by atoms with Gasteiger partial charge in [0, 0.05) is 36.8 Å². The summed E-state index contributed by atoms with van der Waals surface area (Å²) in [5.41, 5.74) is 1.05. The van der Waals surface area contributed by atoms with Crippen LogP contribution in [0, 0.1) is 6.92 Å². The van der Waals surface area contributed by atoms with Gasteiger partial charge in [-0.15, -0.1) is 11.3 Å². The van der Waals surface area contributed by atoms with Crippen LogP contribution in [-0.2, 0) is 13.1 Å². The number of aromatic nitrogens is 1. The summed E-state index contributed by atoms with van der Waals surface area (Å²) < 4.78 is 2.52. The molecule has 3 nitrogen and oxygen atoms in total. The first-order valence-corrected chi connectivity index (χ1v) is 6.96. The molecule has 0 atom stereocenters. The third kappa shape index (κ3) is 3.70. The zero-order chi connectivity index (χ0) is 13.0. The molecule has 0 radical (unpaired) electrons. The van der Waals surface area contributed by atoms with Gasteiger partial charge in [-0.05, 0) is 30.7 Å². The molecule has 0 fully saturated rings. The first-order chi connectivity index (χ1) is 8.65. The van der Waals surface area contributed by atoms with Gasteiger partial charge in [-0.2, -0.15) is 0 Å². The number of rotatable bonds is 5. The smallest absolute Gasteiger partial charge is 0.250 e. The van der Waals surface area contributed by atoms with Crippen LogP contribution in [0.4, 0.5) is 0 Å². The van der Waals surface area contributed by atoms with E-state index >= 15 is 0 Å². The predicted octanol–water partition coefficient (Wildman–Crippen LogP) is 2.66. The van der Waals surface area contributed by atoms with Gasteiger partial charge in [0.15, 0.2) is 0 Å². The molecule has 2 aromatic rings. The Balaban J connectivity index is 1.80. The van der Waals surface area contributed by atoms with E-state index in [4.69, 9.17) is 11.6 Å². The van der Waals surface area contributed by atoms with E-state index in [1.807, 2.05) is 31.3 Å². The molecule has 0 unspecified atom stereocenters. The molecule has 0 saturated carbocycles. The van der Waals surface area contributed by atoms with Crippen LogP contribution < -0.4 is 10.9 Å². The third-order valence-corrected chi connectivity index (χ3v) is 3.84. The summed E-state index contributed by atoms with van der Waals surface area (Å²) in [7, 11) is 0. The summed E-state index contributed by atoms with van der Waals surface area (Å²) in [5.74, 6) is 0. The number of nitrogens with one attached hydrogen (secondary N) is 1. The lowest BCUT2D eigenvalue weighted by molar-refractivity contribution is 0.587. The number of aryl methyl sites for hydroxylation is 1. The van der Waals surface area contributed by atoms with Crippen molar-refractivity contribution in [2.24, 2.45) is 0 Å². The van der Waals surface area contributed by atoms with Gasteiger partial charge in [0.2, 0.25) is 0 Å². The minimum absolute atomic E-state index is 0.0518. The first kappa shape index (κ1) is 13.3. The Labute approximate surface area is 115 Å². The third-order valence-electron chi connectivity index (χ3n) is 2.61. The van der Waals surface area contributed by atoms with Crippen molar-refractivity contribution in [2.75, 3.05) is 6.54 Å². The summed E-state index contributed by atoms with van der Waals surface area (Å²) in [4.78, 5) is 12.8. The number of nitrogens with zero attached hydrogens (tertiary/aromatic N) is 1. The maximum absolute atomic E-state index is 11.6. The maximum atomic E-state index is 11.6. The lowest BCUT2D eigenvalue weighted by Gasteiger charge is -2.06. The summed E-state index contributed by atoms with van der Waals surface area (Å²) in [6.45, 7) is 4.15. The number of halogens is 1. The largest absolute Gasteiger partial charge is 0.314 e. The lowest BCUT2D eigenvalue weighted by atomic mass is 10.3. The molecule has 0 aliphatic carbocycles. The van der Waals surface area contributed by atoms with E-state index in [-0.39, 0.29) is 5.56 Å². The second kappa shape index (κ2) is 6.18. The Bertz CT molecular complexity index is 576. The number of hydrogen-bond donors (Lipinski definition) is 1. The minimum Gasteiger partial charge on any atom is -0.314 e. The molecule has 0 saturated heterocycles. The van der Waals surface area contributed by atoms with E-state index < -0.39 is 0 Å². The van der Waals surface area contributed by atoms with Crippen LogP contribution >= 0.6 is 22.9 Å². The van der Waals surface area contributed by atoms with Crippen LogP contribution in [0.5, 0.6) is 0 Å². The zero-order valence-corrected chi connectivity index (χ0v) is 11.7. The fourth-order valence-electron chi connectivity index (χ4n) is 1.65. The van der Waals surface area contributed by atoms with E-state index in [0.717, 1.165) is 23.0 Å². The van der Waals surface area contributed by atoms with Crippen molar-refractivity contribution >= 4 is 22.9 Å². The minimum atomic E-state index is 0.0518. The number of hydrogen-bond acceptors (Lipinski definition) is 3. The lowest BCUT2D eigenvalue weighted by Crippen LogP contribution is -2.26. The van der Waals surface area contributed by atoms with E-state index in [1.165, 1.54) is 4.88 Å². The zero-order valence-electron chi connectivity index (χ0n) is 10.1. The SMILES string of the molecule is Cc1ccn(CCNCc2ccc(Cl)s2)c(=O)c1. The molecule has 18 heavy (non-hydrogen) atoms. The van der Waals surface area contributed by atoms with Gasteiger partial charge in [0.25, 0.3) is 5.56 Å². The Hall–Kier alpha value is -1.10. The molecule has 2 aromatic heterocycles. The highest BCUT2D eigenvalue weighted by molar-refractivity contribution is 7.16. The second-order valence-corrected chi connectivity index (χ2v) is 5.92. The number of pyridine rings is 1. The normalized spacial score (nSPS) is 10.8. The summed E-state index contributed by atoms with van der Waals surface area (Å²) >= 11 is 7.42. The highest BCUT2D eigenvalue weighted by Crippen LogP contribution is 2.20. The van der Waals surface area contributed by atoms with Crippen molar-refractivity contribution in [1.82, 2.24) is 9.88 Å². The molecule has 0 aliphatic heterocycles. The Morgan fingerprint density at radius 2 is 2.22 bits per heavy atom. The Morgan fingerprint density at radius 3 is 2.89 bits per heavy atom. The molecule has 0 aliphatic rings. The highest BCUT2D eigenvalue weighted by atomic mass is 35.5. The van der Waals surface area contributed by atoms with Gasteiger partial charge in [-0.1, -0.05) is 11.6 Å². The summed E-state index contributed by atoms with van der Waals surface area (Å²) in [6.07, 6.45) is 1.83. The van der Waals surface area contributed by atoms with Gasteiger partial charge in [-0.25, -0.2) is 0 Å².